The van der Waals surface area contributed by atoms with Gasteiger partial charge in [0.1, 0.15) is 0 Å². The molecule has 1 N–H and O–H groups in total. The Balaban J connectivity index is 2.04. The standard InChI is InChI=1S/C14H24O/c15-14(11-7-4-8-12-14)13-9-5-2-1-3-6-10-13/h9,15H,1-8,10-12H2. The van der Waals surface area contributed by atoms with Crippen LogP contribution in [0.15, 0.2) is 11.6 Å². The van der Waals surface area contributed by atoms with E-state index in [0.717, 1.165) is 19.3 Å². The van der Waals surface area contributed by atoms with Crippen molar-refractivity contribution >= 4 is 0 Å². The highest BCUT2D eigenvalue weighted by Gasteiger charge is 2.32. The molecule has 1 fully saturated rings. The number of rotatable bonds is 1. The Morgan fingerprint density at radius 2 is 1.53 bits per heavy atom. The SMILES string of the molecule is OC1(C2=CCCCCCC2)CCCCC1. The number of hydrogen-bond donors (Lipinski definition) is 1. The molecule has 2 rings (SSSR count). The predicted molar refractivity (Wildman–Crippen MR) is 63.8 cm³/mol. The van der Waals surface area contributed by atoms with Crippen LogP contribution in [0.4, 0.5) is 0 Å². The summed E-state index contributed by atoms with van der Waals surface area (Å²) >= 11 is 0. The largest absolute Gasteiger partial charge is 0.386 e. The van der Waals surface area contributed by atoms with Gasteiger partial charge >= 0.3 is 0 Å². The molecule has 1 saturated carbocycles. The summed E-state index contributed by atoms with van der Waals surface area (Å²) in [6.45, 7) is 0. The molecule has 0 aromatic heterocycles. The van der Waals surface area contributed by atoms with Crippen LogP contribution >= 0.6 is 0 Å². The molecule has 0 bridgehead atoms. The zero-order valence-corrected chi connectivity index (χ0v) is 9.80. The van der Waals surface area contributed by atoms with Gasteiger partial charge in [0.05, 0.1) is 5.60 Å². The summed E-state index contributed by atoms with van der Waals surface area (Å²) in [5.74, 6) is 0. The fourth-order valence-electron chi connectivity index (χ4n) is 3.07. The lowest BCUT2D eigenvalue weighted by atomic mass is 9.76. The van der Waals surface area contributed by atoms with E-state index in [1.807, 2.05) is 0 Å². The van der Waals surface area contributed by atoms with Gasteiger partial charge in [0.15, 0.2) is 0 Å². The van der Waals surface area contributed by atoms with Crippen molar-refractivity contribution < 1.29 is 5.11 Å². The molecule has 0 amide bonds. The van der Waals surface area contributed by atoms with Crippen LogP contribution in [0.25, 0.3) is 0 Å². The van der Waals surface area contributed by atoms with Gasteiger partial charge in [-0.25, -0.2) is 0 Å². The number of aliphatic hydroxyl groups is 1. The van der Waals surface area contributed by atoms with Crippen LogP contribution in [0.1, 0.15) is 70.6 Å². The number of hydrogen-bond acceptors (Lipinski definition) is 1. The minimum Gasteiger partial charge on any atom is -0.386 e. The van der Waals surface area contributed by atoms with E-state index in [1.54, 1.807) is 0 Å². The van der Waals surface area contributed by atoms with Crippen molar-refractivity contribution in [2.45, 2.75) is 76.2 Å². The third-order valence-electron chi connectivity index (χ3n) is 4.07. The first-order chi connectivity index (χ1) is 7.31. The van der Waals surface area contributed by atoms with E-state index in [1.165, 1.54) is 56.9 Å². The second kappa shape index (κ2) is 5.16. The minimum absolute atomic E-state index is 0.407. The summed E-state index contributed by atoms with van der Waals surface area (Å²) in [5, 5.41) is 10.6. The maximum absolute atomic E-state index is 10.6. The van der Waals surface area contributed by atoms with Crippen molar-refractivity contribution in [1.29, 1.82) is 0 Å². The maximum atomic E-state index is 10.6. The molecule has 86 valence electrons. The van der Waals surface area contributed by atoms with Crippen molar-refractivity contribution in [3.05, 3.63) is 11.6 Å². The Kier molecular flexibility index (Phi) is 3.85. The zero-order valence-electron chi connectivity index (χ0n) is 9.80. The molecule has 0 unspecified atom stereocenters. The van der Waals surface area contributed by atoms with E-state index >= 15 is 0 Å². The number of allylic oxidation sites excluding steroid dienone is 1. The van der Waals surface area contributed by atoms with Crippen LogP contribution in [0, 0.1) is 0 Å². The van der Waals surface area contributed by atoms with Crippen LogP contribution < -0.4 is 0 Å². The lowest BCUT2D eigenvalue weighted by molar-refractivity contribution is 0.0355. The van der Waals surface area contributed by atoms with E-state index < -0.39 is 5.60 Å². The fraction of sp³-hybridized carbons (Fsp3) is 0.857. The van der Waals surface area contributed by atoms with Crippen molar-refractivity contribution in [2.24, 2.45) is 0 Å². The Morgan fingerprint density at radius 3 is 2.33 bits per heavy atom. The third kappa shape index (κ3) is 2.84. The first kappa shape index (κ1) is 11.2. The molecular formula is C14H24O. The second-order valence-electron chi connectivity index (χ2n) is 5.27. The van der Waals surface area contributed by atoms with Gasteiger partial charge in [0.2, 0.25) is 0 Å². The Morgan fingerprint density at radius 1 is 0.867 bits per heavy atom. The predicted octanol–water partition coefficient (Wildman–Crippen LogP) is 3.96. The van der Waals surface area contributed by atoms with E-state index in [4.69, 9.17) is 0 Å². The fourth-order valence-corrected chi connectivity index (χ4v) is 3.07. The molecular weight excluding hydrogens is 184 g/mol. The molecule has 0 aliphatic heterocycles. The van der Waals surface area contributed by atoms with Crippen LogP contribution in [0.5, 0.6) is 0 Å². The molecule has 15 heavy (non-hydrogen) atoms. The molecule has 0 heterocycles. The van der Waals surface area contributed by atoms with Crippen molar-refractivity contribution in [2.75, 3.05) is 0 Å². The smallest absolute Gasteiger partial charge is 0.0856 e. The highest BCUT2D eigenvalue weighted by Crippen LogP contribution is 2.37. The lowest BCUT2D eigenvalue weighted by Crippen LogP contribution is -2.33. The topological polar surface area (TPSA) is 20.2 Å². The van der Waals surface area contributed by atoms with Crippen molar-refractivity contribution in [1.82, 2.24) is 0 Å². The Labute approximate surface area is 93.6 Å². The van der Waals surface area contributed by atoms with Gasteiger partial charge in [-0.3, -0.25) is 0 Å². The summed E-state index contributed by atoms with van der Waals surface area (Å²) in [5.41, 5.74) is 0.970. The quantitative estimate of drug-likeness (QED) is 0.647. The van der Waals surface area contributed by atoms with Gasteiger partial charge in [-0.05, 0) is 44.1 Å². The average Bonchev–Trinajstić information content (AvgIpc) is 2.17. The molecule has 0 spiro atoms. The molecule has 1 nitrogen and oxygen atoms in total. The Hall–Kier alpha value is -0.300. The molecule has 0 aromatic carbocycles. The monoisotopic (exact) mass is 208 g/mol. The van der Waals surface area contributed by atoms with Crippen LogP contribution in [0.3, 0.4) is 0 Å². The molecule has 2 aliphatic rings. The zero-order chi connectivity index (χ0) is 10.6. The van der Waals surface area contributed by atoms with E-state index in [9.17, 15) is 5.11 Å². The second-order valence-corrected chi connectivity index (χ2v) is 5.27. The normalized spacial score (nSPS) is 27.7. The van der Waals surface area contributed by atoms with Gasteiger partial charge in [0.25, 0.3) is 0 Å². The van der Waals surface area contributed by atoms with Gasteiger partial charge in [0, 0.05) is 0 Å². The van der Waals surface area contributed by atoms with Crippen molar-refractivity contribution in [3.8, 4) is 0 Å². The summed E-state index contributed by atoms with van der Waals surface area (Å²) in [6, 6.07) is 0. The molecule has 1 heteroatoms. The summed E-state index contributed by atoms with van der Waals surface area (Å²) in [6.07, 6.45) is 15.8. The van der Waals surface area contributed by atoms with Crippen LogP contribution in [-0.4, -0.2) is 10.7 Å². The summed E-state index contributed by atoms with van der Waals surface area (Å²) in [4.78, 5) is 0. The van der Waals surface area contributed by atoms with Crippen molar-refractivity contribution in [3.63, 3.8) is 0 Å². The first-order valence-electron chi connectivity index (χ1n) is 6.73. The third-order valence-corrected chi connectivity index (χ3v) is 4.07. The minimum atomic E-state index is -0.407. The van der Waals surface area contributed by atoms with E-state index in [2.05, 4.69) is 6.08 Å². The van der Waals surface area contributed by atoms with Gasteiger partial charge < -0.3 is 5.11 Å². The molecule has 0 atom stereocenters. The van der Waals surface area contributed by atoms with E-state index in [-0.39, 0.29) is 0 Å². The Bertz CT molecular complexity index is 223. The maximum Gasteiger partial charge on any atom is 0.0856 e. The lowest BCUT2D eigenvalue weighted by Gasteiger charge is -2.35. The van der Waals surface area contributed by atoms with Gasteiger partial charge in [-0.1, -0.05) is 38.2 Å². The molecule has 0 aromatic rings. The van der Waals surface area contributed by atoms with Crippen LogP contribution in [-0.2, 0) is 0 Å². The highest BCUT2D eigenvalue weighted by molar-refractivity contribution is 5.18. The van der Waals surface area contributed by atoms with Gasteiger partial charge in [-0.2, -0.15) is 0 Å². The molecule has 0 saturated heterocycles. The highest BCUT2D eigenvalue weighted by atomic mass is 16.3. The van der Waals surface area contributed by atoms with E-state index in [0.29, 0.717) is 0 Å². The van der Waals surface area contributed by atoms with Gasteiger partial charge in [-0.15, -0.1) is 0 Å². The van der Waals surface area contributed by atoms with Crippen LogP contribution in [0.2, 0.25) is 0 Å². The summed E-state index contributed by atoms with van der Waals surface area (Å²) in [7, 11) is 0. The summed E-state index contributed by atoms with van der Waals surface area (Å²) < 4.78 is 0. The average molecular weight is 208 g/mol. The first-order valence-corrected chi connectivity index (χ1v) is 6.73. The molecule has 2 aliphatic carbocycles. The molecule has 0 radical (unpaired) electrons.